The summed E-state index contributed by atoms with van der Waals surface area (Å²) >= 11 is 0. The highest BCUT2D eigenvalue weighted by Crippen LogP contribution is 2.24. The molecule has 21 heavy (non-hydrogen) atoms. The molecule has 122 valence electrons. The van der Waals surface area contributed by atoms with E-state index in [1.54, 1.807) is 0 Å². The number of rotatable bonds is 5. The smallest absolute Gasteiger partial charge is 0.310 e. The van der Waals surface area contributed by atoms with E-state index in [0.29, 0.717) is 18.1 Å². The molecule has 1 saturated heterocycles. The molecule has 4 nitrogen and oxygen atoms in total. The van der Waals surface area contributed by atoms with E-state index < -0.39 is 0 Å². The highest BCUT2D eigenvalue weighted by Gasteiger charge is 2.34. The SMILES string of the molecule is CCC(C)N1CC(NC2CCCCC2)CC(C(=O)OC)C1. The second kappa shape index (κ2) is 8.14. The molecule has 1 N–H and O–H groups in total. The number of esters is 1. The Morgan fingerprint density at radius 3 is 2.57 bits per heavy atom. The lowest BCUT2D eigenvalue weighted by atomic mass is 9.90. The van der Waals surface area contributed by atoms with Gasteiger partial charge in [0.15, 0.2) is 0 Å². The maximum Gasteiger partial charge on any atom is 0.310 e. The molecule has 4 heteroatoms. The van der Waals surface area contributed by atoms with Crippen LogP contribution in [0.1, 0.15) is 58.8 Å². The van der Waals surface area contributed by atoms with Gasteiger partial charge in [-0.15, -0.1) is 0 Å². The van der Waals surface area contributed by atoms with Crippen LogP contribution in [0.3, 0.4) is 0 Å². The second-order valence-electron chi connectivity index (χ2n) is 6.87. The molecular formula is C17H32N2O2. The fraction of sp³-hybridized carbons (Fsp3) is 0.941. The zero-order valence-electron chi connectivity index (χ0n) is 13.9. The van der Waals surface area contributed by atoms with Gasteiger partial charge in [0.2, 0.25) is 0 Å². The molecule has 3 atom stereocenters. The lowest BCUT2D eigenvalue weighted by Gasteiger charge is -2.41. The number of hydrogen-bond donors (Lipinski definition) is 1. The first-order valence-corrected chi connectivity index (χ1v) is 8.72. The van der Waals surface area contributed by atoms with Gasteiger partial charge in [0.05, 0.1) is 13.0 Å². The molecule has 0 aromatic carbocycles. The van der Waals surface area contributed by atoms with Crippen molar-refractivity contribution in [3.8, 4) is 0 Å². The molecule has 0 radical (unpaired) electrons. The summed E-state index contributed by atoms with van der Waals surface area (Å²) < 4.78 is 5.00. The van der Waals surface area contributed by atoms with Gasteiger partial charge in [-0.3, -0.25) is 9.69 Å². The topological polar surface area (TPSA) is 41.6 Å². The minimum absolute atomic E-state index is 0.0267. The maximum absolute atomic E-state index is 12.0. The van der Waals surface area contributed by atoms with Crippen LogP contribution in [0.25, 0.3) is 0 Å². The van der Waals surface area contributed by atoms with Gasteiger partial charge < -0.3 is 10.1 Å². The monoisotopic (exact) mass is 296 g/mol. The Morgan fingerprint density at radius 1 is 1.24 bits per heavy atom. The molecule has 0 amide bonds. The molecule has 1 aliphatic carbocycles. The molecule has 0 bridgehead atoms. The summed E-state index contributed by atoms with van der Waals surface area (Å²) in [6.07, 6.45) is 8.72. The van der Waals surface area contributed by atoms with Crippen molar-refractivity contribution in [2.45, 2.75) is 76.9 Å². The van der Waals surface area contributed by atoms with Crippen molar-refractivity contribution in [1.29, 1.82) is 0 Å². The fourth-order valence-electron chi connectivity index (χ4n) is 3.81. The highest BCUT2D eigenvalue weighted by atomic mass is 16.5. The lowest BCUT2D eigenvalue weighted by Crippen LogP contribution is -2.55. The number of carbonyl (C=O) groups excluding carboxylic acids is 1. The molecule has 1 aliphatic heterocycles. The summed E-state index contributed by atoms with van der Waals surface area (Å²) in [7, 11) is 1.51. The van der Waals surface area contributed by atoms with Crippen LogP contribution < -0.4 is 5.32 Å². The molecule has 1 saturated carbocycles. The van der Waals surface area contributed by atoms with Crippen LogP contribution in [-0.2, 0) is 9.53 Å². The largest absolute Gasteiger partial charge is 0.469 e. The van der Waals surface area contributed by atoms with Crippen LogP contribution in [0.2, 0.25) is 0 Å². The van der Waals surface area contributed by atoms with Gasteiger partial charge in [0, 0.05) is 31.2 Å². The van der Waals surface area contributed by atoms with Crippen molar-refractivity contribution in [3.05, 3.63) is 0 Å². The van der Waals surface area contributed by atoms with Crippen molar-refractivity contribution >= 4 is 5.97 Å². The van der Waals surface area contributed by atoms with E-state index in [-0.39, 0.29) is 11.9 Å². The molecule has 2 fully saturated rings. The molecule has 0 spiro atoms. The number of nitrogens with one attached hydrogen (secondary N) is 1. The van der Waals surface area contributed by atoms with Crippen LogP contribution in [0.4, 0.5) is 0 Å². The van der Waals surface area contributed by atoms with Crippen molar-refractivity contribution in [3.63, 3.8) is 0 Å². The van der Waals surface area contributed by atoms with Gasteiger partial charge in [0.25, 0.3) is 0 Å². The van der Waals surface area contributed by atoms with Crippen LogP contribution in [-0.4, -0.2) is 49.2 Å². The Balaban J connectivity index is 1.96. The van der Waals surface area contributed by atoms with Crippen molar-refractivity contribution in [1.82, 2.24) is 10.2 Å². The van der Waals surface area contributed by atoms with E-state index in [1.807, 2.05) is 0 Å². The summed E-state index contributed by atoms with van der Waals surface area (Å²) in [6.45, 7) is 6.40. The summed E-state index contributed by atoms with van der Waals surface area (Å²) in [4.78, 5) is 14.4. The molecule has 0 aromatic heterocycles. The summed E-state index contributed by atoms with van der Waals surface area (Å²) in [5, 5.41) is 3.83. The average molecular weight is 296 g/mol. The second-order valence-corrected chi connectivity index (χ2v) is 6.87. The van der Waals surface area contributed by atoms with E-state index in [9.17, 15) is 4.79 Å². The number of hydrogen-bond acceptors (Lipinski definition) is 4. The Kier molecular flexibility index (Phi) is 6.49. The van der Waals surface area contributed by atoms with Crippen molar-refractivity contribution < 1.29 is 9.53 Å². The highest BCUT2D eigenvalue weighted by molar-refractivity contribution is 5.72. The Morgan fingerprint density at radius 2 is 1.95 bits per heavy atom. The molecule has 2 aliphatic rings. The van der Waals surface area contributed by atoms with E-state index in [1.165, 1.54) is 39.2 Å². The number of nitrogens with zero attached hydrogens (tertiary/aromatic N) is 1. The molecule has 1 heterocycles. The first kappa shape index (κ1) is 16.8. The number of piperidine rings is 1. The molecule has 2 rings (SSSR count). The quantitative estimate of drug-likeness (QED) is 0.792. The van der Waals surface area contributed by atoms with Gasteiger partial charge in [0.1, 0.15) is 0 Å². The Bertz CT molecular complexity index is 327. The summed E-state index contributed by atoms with van der Waals surface area (Å²) in [6, 6.07) is 1.62. The lowest BCUT2D eigenvalue weighted by molar-refractivity contribution is -0.148. The predicted molar refractivity (Wildman–Crippen MR) is 85.2 cm³/mol. The van der Waals surface area contributed by atoms with E-state index in [4.69, 9.17) is 4.74 Å². The van der Waals surface area contributed by atoms with Crippen LogP contribution in [0.15, 0.2) is 0 Å². The number of carbonyl (C=O) groups is 1. The number of methoxy groups -OCH3 is 1. The van der Waals surface area contributed by atoms with Crippen molar-refractivity contribution in [2.75, 3.05) is 20.2 Å². The van der Waals surface area contributed by atoms with Crippen LogP contribution in [0, 0.1) is 5.92 Å². The van der Waals surface area contributed by atoms with Crippen molar-refractivity contribution in [2.24, 2.45) is 5.92 Å². The molecular weight excluding hydrogens is 264 g/mol. The number of ether oxygens (including phenoxy) is 1. The fourth-order valence-corrected chi connectivity index (χ4v) is 3.81. The third-order valence-corrected chi connectivity index (χ3v) is 5.30. The van der Waals surface area contributed by atoms with Gasteiger partial charge >= 0.3 is 5.97 Å². The van der Waals surface area contributed by atoms with Gasteiger partial charge in [-0.1, -0.05) is 26.2 Å². The zero-order valence-corrected chi connectivity index (χ0v) is 13.9. The minimum atomic E-state index is -0.0431. The van der Waals surface area contributed by atoms with Gasteiger partial charge in [-0.05, 0) is 32.6 Å². The average Bonchev–Trinajstić information content (AvgIpc) is 2.53. The molecule has 3 unspecified atom stereocenters. The predicted octanol–water partition coefficient (Wildman–Crippen LogP) is 2.57. The first-order chi connectivity index (χ1) is 10.1. The van der Waals surface area contributed by atoms with E-state index in [2.05, 4.69) is 24.1 Å². The summed E-state index contributed by atoms with van der Waals surface area (Å²) in [5.74, 6) is -0.0164. The van der Waals surface area contributed by atoms with Crippen LogP contribution >= 0.6 is 0 Å². The Labute approximate surface area is 129 Å². The zero-order chi connectivity index (χ0) is 15.2. The number of likely N-dealkylation sites (tertiary alicyclic amines) is 1. The Hall–Kier alpha value is -0.610. The maximum atomic E-state index is 12.0. The van der Waals surface area contributed by atoms with E-state index in [0.717, 1.165) is 25.9 Å². The first-order valence-electron chi connectivity index (χ1n) is 8.72. The summed E-state index contributed by atoms with van der Waals surface area (Å²) in [5.41, 5.74) is 0. The third-order valence-electron chi connectivity index (χ3n) is 5.30. The van der Waals surface area contributed by atoms with Gasteiger partial charge in [-0.25, -0.2) is 0 Å². The molecule has 0 aromatic rings. The standard InChI is InChI=1S/C17H32N2O2/c1-4-13(2)19-11-14(17(20)21-3)10-16(12-19)18-15-8-6-5-7-9-15/h13-16,18H,4-12H2,1-3H3. The normalized spacial score (nSPS) is 30.0. The van der Waals surface area contributed by atoms with E-state index >= 15 is 0 Å². The van der Waals surface area contributed by atoms with Crippen LogP contribution in [0.5, 0.6) is 0 Å². The minimum Gasteiger partial charge on any atom is -0.469 e. The van der Waals surface area contributed by atoms with Gasteiger partial charge in [-0.2, -0.15) is 0 Å². The third kappa shape index (κ3) is 4.68.